The number of hydrogen-bond donors (Lipinski definition) is 1. The number of pyridine rings is 1. The molecule has 0 aliphatic carbocycles. The van der Waals surface area contributed by atoms with Crippen LogP contribution in [0.2, 0.25) is 0 Å². The van der Waals surface area contributed by atoms with E-state index in [-0.39, 0.29) is 16.9 Å². The number of aromatic nitrogens is 1. The average molecular weight is 176 g/mol. The molecule has 0 radical (unpaired) electrons. The standard InChI is InChI=1S/C7H7F3N2/c8-2-4-1-5(6(9)10)3-12-7(4)11/h1,3,6H,2H2,(H2,11,12). The summed E-state index contributed by atoms with van der Waals surface area (Å²) in [6.45, 7) is -0.876. The van der Waals surface area contributed by atoms with E-state index in [1.54, 1.807) is 0 Å². The Hall–Kier alpha value is -1.26. The predicted molar refractivity (Wildman–Crippen MR) is 38.4 cm³/mol. The number of hydrogen-bond acceptors (Lipinski definition) is 2. The Morgan fingerprint density at radius 1 is 1.50 bits per heavy atom. The summed E-state index contributed by atoms with van der Waals surface area (Å²) in [5.74, 6) is -0.0399. The third-order valence-electron chi connectivity index (χ3n) is 1.42. The van der Waals surface area contributed by atoms with Crippen LogP contribution in [0.5, 0.6) is 0 Å². The van der Waals surface area contributed by atoms with E-state index in [0.29, 0.717) is 0 Å². The third kappa shape index (κ3) is 1.66. The molecule has 1 rings (SSSR count). The minimum absolute atomic E-state index is 0.00722. The van der Waals surface area contributed by atoms with Gasteiger partial charge in [-0.05, 0) is 6.07 Å². The molecule has 1 aromatic heterocycles. The summed E-state index contributed by atoms with van der Waals surface area (Å²) in [6.07, 6.45) is -1.69. The van der Waals surface area contributed by atoms with E-state index in [1.807, 2.05) is 0 Å². The molecule has 0 unspecified atom stereocenters. The first-order valence-corrected chi connectivity index (χ1v) is 3.23. The second kappa shape index (κ2) is 3.42. The Balaban J connectivity index is 3.05. The number of halogens is 3. The molecule has 0 aromatic carbocycles. The Bertz CT molecular complexity index is 275. The van der Waals surface area contributed by atoms with Crippen molar-refractivity contribution in [2.24, 2.45) is 0 Å². The topological polar surface area (TPSA) is 38.9 Å². The molecular formula is C7H7F3N2. The number of nitrogen functional groups attached to an aromatic ring is 1. The summed E-state index contributed by atoms with van der Waals surface area (Å²) in [5, 5.41) is 0. The lowest BCUT2D eigenvalue weighted by molar-refractivity contribution is 0.151. The summed E-state index contributed by atoms with van der Waals surface area (Å²) in [4.78, 5) is 3.43. The maximum atomic E-state index is 12.1. The number of nitrogens with two attached hydrogens (primary N) is 1. The van der Waals surface area contributed by atoms with Crippen molar-refractivity contribution >= 4 is 5.82 Å². The van der Waals surface area contributed by atoms with Crippen molar-refractivity contribution in [3.05, 3.63) is 23.4 Å². The van der Waals surface area contributed by atoms with Crippen molar-refractivity contribution in [1.82, 2.24) is 4.98 Å². The van der Waals surface area contributed by atoms with Crippen LogP contribution in [0.25, 0.3) is 0 Å². The minimum Gasteiger partial charge on any atom is -0.383 e. The second-order valence-corrected chi connectivity index (χ2v) is 2.25. The zero-order valence-corrected chi connectivity index (χ0v) is 6.10. The fourth-order valence-corrected chi connectivity index (χ4v) is 0.766. The molecule has 0 fully saturated rings. The highest BCUT2D eigenvalue weighted by molar-refractivity contribution is 5.40. The van der Waals surface area contributed by atoms with Crippen LogP contribution >= 0.6 is 0 Å². The van der Waals surface area contributed by atoms with Gasteiger partial charge in [0.15, 0.2) is 0 Å². The van der Waals surface area contributed by atoms with Gasteiger partial charge in [0.05, 0.1) is 0 Å². The fraction of sp³-hybridized carbons (Fsp3) is 0.286. The SMILES string of the molecule is Nc1ncc(C(F)F)cc1CF. The molecular weight excluding hydrogens is 169 g/mol. The minimum atomic E-state index is -2.64. The van der Waals surface area contributed by atoms with Crippen LogP contribution in [0.3, 0.4) is 0 Å². The molecule has 2 N–H and O–H groups in total. The smallest absolute Gasteiger partial charge is 0.265 e. The molecule has 0 saturated heterocycles. The lowest BCUT2D eigenvalue weighted by atomic mass is 10.2. The van der Waals surface area contributed by atoms with E-state index < -0.39 is 13.1 Å². The molecule has 0 atom stereocenters. The molecule has 5 heteroatoms. The fourth-order valence-electron chi connectivity index (χ4n) is 0.766. The second-order valence-electron chi connectivity index (χ2n) is 2.25. The molecule has 0 bridgehead atoms. The van der Waals surface area contributed by atoms with Crippen LogP contribution in [0.1, 0.15) is 17.6 Å². The van der Waals surface area contributed by atoms with Gasteiger partial charge in [0.1, 0.15) is 12.5 Å². The van der Waals surface area contributed by atoms with E-state index in [9.17, 15) is 13.2 Å². The number of alkyl halides is 3. The first kappa shape index (κ1) is 8.83. The van der Waals surface area contributed by atoms with Crippen LogP contribution in [-0.2, 0) is 6.67 Å². The summed E-state index contributed by atoms with van der Waals surface area (Å²) in [7, 11) is 0. The Kier molecular flexibility index (Phi) is 2.52. The maximum Gasteiger partial charge on any atom is 0.265 e. The predicted octanol–water partition coefficient (Wildman–Crippen LogP) is 2.07. The number of rotatable bonds is 2. The molecule has 1 heterocycles. The Morgan fingerprint density at radius 3 is 2.67 bits per heavy atom. The van der Waals surface area contributed by atoms with Crippen molar-refractivity contribution in [2.45, 2.75) is 13.1 Å². The summed E-state index contributed by atoms with van der Waals surface area (Å²) in [6, 6.07) is 1.02. The van der Waals surface area contributed by atoms with Crippen LogP contribution in [0.15, 0.2) is 12.3 Å². The van der Waals surface area contributed by atoms with Gasteiger partial charge in [-0.2, -0.15) is 0 Å². The molecule has 0 amide bonds. The van der Waals surface area contributed by atoms with Gasteiger partial charge in [0.2, 0.25) is 0 Å². The van der Waals surface area contributed by atoms with E-state index in [2.05, 4.69) is 4.98 Å². The van der Waals surface area contributed by atoms with Crippen molar-refractivity contribution < 1.29 is 13.2 Å². The first-order chi connectivity index (χ1) is 5.65. The van der Waals surface area contributed by atoms with Gasteiger partial charge >= 0.3 is 0 Å². The number of anilines is 1. The highest BCUT2D eigenvalue weighted by Gasteiger charge is 2.09. The lowest BCUT2D eigenvalue weighted by Crippen LogP contribution is -1.98. The zero-order chi connectivity index (χ0) is 9.14. The van der Waals surface area contributed by atoms with Crippen LogP contribution in [0, 0.1) is 0 Å². The van der Waals surface area contributed by atoms with Crippen molar-refractivity contribution in [2.75, 3.05) is 5.73 Å². The average Bonchev–Trinajstić information content (AvgIpc) is 2.05. The molecule has 0 aliphatic heterocycles. The van der Waals surface area contributed by atoms with Gasteiger partial charge < -0.3 is 5.73 Å². The normalized spacial score (nSPS) is 10.7. The third-order valence-corrected chi connectivity index (χ3v) is 1.42. The van der Waals surface area contributed by atoms with Crippen LogP contribution < -0.4 is 5.73 Å². The van der Waals surface area contributed by atoms with Gasteiger partial charge in [0.25, 0.3) is 6.43 Å². The van der Waals surface area contributed by atoms with E-state index in [1.165, 1.54) is 0 Å². The Labute approximate surface area is 67.2 Å². The van der Waals surface area contributed by atoms with E-state index >= 15 is 0 Å². The van der Waals surface area contributed by atoms with Crippen molar-refractivity contribution in [3.8, 4) is 0 Å². The van der Waals surface area contributed by atoms with Crippen molar-refractivity contribution in [1.29, 1.82) is 0 Å². The van der Waals surface area contributed by atoms with Gasteiger partial charge in [0, 0.05) is 17.3 Å². The monoisotopic (exact) mass is 176 g/mol. The molecule has 12 heavy (non-hydrogen) atoms. The van der Waals surface area contributed by atoms with Crippen LogP contribution in [0.4, 0.5) is 19.0 Å². The summed E-state index contributed by atoms with van der Waals surface area (Å²) in [5.41, 5.74) is 4.90. The van der Waals surface area contributed by atoms with Gasteiger partial charge in [-0.3, -0.25) is 0 Å². The molecule has 0 saturated carbocycles. The molecule has 1 aromatic rings. The van der Waals surface area contributed by atoms with Gasteiger partial charge in [-0.1, -0.05) is 0 Å². The van der Waals surface area contributed by atoms with Crippen LogP contribution in [-0.4, -0.2) is 4.98 Å². The summed E-state index contributed by atoms with van der Waals surface area (Å²) < 4.78 is 36.1. The van der Waals surface area contributed by atoms with Gasteiger partial charge in [-0.15, -0.1) is 0 Å². The molecule has 0 spiro atoms. The summed E-state index contributed by atoms with van der Waals surface area (Å²) >= 11 is 0. The van der Waals surface area contributed by atoms with E-state index in [4.69, 9.17) is 5.73 Å². The molecule has 66 valence electrons. The first-order valence-electron chi connectivity index (χ1n) is 3.23. The lowest BCUT2D eigenvalue weighted by Gasteiger charge is -2.03. The highest BCUT2D eigenvalue weighted by atomic mass is 19.3. The Morgan fingerprint density at radius 2 is 2.17 bits per heavy atom. The van der Waals surface area contributed by atoms with E-state index in [0.717, 1.165) is 12.3 Å². The molecule has 2 nitrogen and oxygen atoms in total. The molecule has 0 aliphatic rings. The highest BCUT2D eigenvalue weighted by Crippen LogP contribution is 2.21. The van der Waals surface area contributed by atoms with Crippen molar-refractivity contribution in [3.63, 3.8) is 0 Å². The largest absolute Gasteiger partial charge is 0.383 e. The number of nitrogens with zero attached hydrogens (tertiary/aromatic N) is 1. The zero-order valence-electron chi connectivity index (χ0n) is 6.10. The van der Waals surface area contributed by atoms with Gasteiger partial charge in [-0.25, -0.2) is 18.2 Å². The maximum absolute atomic E-state index is 12.1. The quantitative estimate of drug-likeness (QED) is 0.749.